The summed E-state index contributed by atoms with van der Waals surface area (Å²) >= 11 is 18.6. The molecule has 1 aliphatic rings. The third kappa shape index (κ3) is 6.11. The maximum absolute atomic E-state index is 13.0. The van der Waals surface area contributed by atoms with Crippen molar-refractivity contribution < 1.29 is 23.9 Å². The van der Waals surface area contributed by atoms with Gasteiger partial charge in [-0.3, -0.25) is 19.7 Å². The van der Waals surface area contributed by atoms with Gasteiger partial charge in [0, 0.05) is 10.7 Å². The second-order valence-electron chi connectivity index (χ2n) is 7.95. The van der Waals surface area contributed by atoms with Crippen LogP contribution in [0.25, 0.3) is 6.08 Å². The fourth-order valence-corrected chi connectivity index (χ4v) is 4.24. The molecule has 4 rings (SSSR count). The number of nitrogens with zero attached hydrogens (tertiary/aromatic N) is 1. The number of carbonyl (C=O) groups is 4. The van der Waals surface area contributed by atoms with Gasteiger partial charge >= 0.3 is 6.03 Å². The Bertz CT molecular complexity index is 1430. The van der Waals surface area contributed by atoms with Crippen LogP contribution in [0.2, 0.25) is 15.1 Å². The van der Waals surface area contributed by atoms with Crippen LogP contribution in [0.1, 0.15) is 11.1 Å². The van der Waals surface area contributed by atoms with Crippen molar-refractivity contribution >= 4 is 76.0 Å². The van der Waals surface area contributed by atoms with E-state index in [1.807, 2.05) is 19.1 Å². The Kier molecular flexibility index (Phi) is 7.83. The number of nitrogens with one attached hydrogen (secondary N) is 2. The molecule has 0 aromatic heterocycles. The molecule has 0 spiro atoms. The number of aryl methyl sites for hydroxylation is 1. The van der Waals surface area contributed by atoms with E-state index in [0.29, 0.717) is 16.3 Å². The first-order valence-electron chi connectivity index (χ1n) is 10.8. The molecule has 0 radical (unpaired) electrons. The van der Waals surface area contributed by atoms with Crippen LogP contribution >= 0.6 is 34.8 Å². The van der Waals surface area contributed by atoms with E-state index in [1.165, 1.54) is 30.3 Å². The summed E-state index contributed by atoms with van der Waals surface area (Å²) in [7, 11) is 0. The van der Waals surface area contributed by atoms with Gasteiger partial charge in [0.15, 0.2) is 12.4 Å². The zero-order valence-electron chi connectivity index (χ0n) is 19.2. The van der Waals surface area contributed by atoms with Crippen molar-refractivity contribution in [3.63, 3.8) is 0 Å². The van der Waals surface area contributed by atoms with E-state index in [2.05, 4.69) is 10.6 Å². The zero-order chi connectivity index (χ0) is 26.7. The topological polar surface area (TPSA) is 105 Å². The van der Waals surface area contributed by atoms with Crippen molar-refractivity contribution in [2.45, 2.75) is 6.92 Å². The van der Waals surface area contributed by atoms with E-state index in [0.717, 1.165) is 10.5 Å². The van der Waals surface area contributed by atoms with Crippen LogP contribution in [0.5, 0.6) is 5.75 Å². The molecule has 2 N–H and O–H groups in total. The predicted molar refractivity (Wildman–Crippen MR) is 142 cm³/mol. The number of amides is 5. The molecule has 0 aliphatic carbocycles. The first kappa shape index (κ1) is 26.2. The van der Waals surface area contributed by atoms with E-state index in [9.17, 15) is 19.2 Å². The van der Waals surface area contributed by atoms with Crippen LogP contribution in [0.15, 0.2) is 66.2 Å². The zero-order valence-corrected chi connectivity index (χ0v) is 21.4. The summed E-state index contributed by atoms with van der Waals surface area (Å²) in [6, 6.07) is 15.2. The first-order valence-corrected chi connectivity index (χ1v) is 11.9. The highest BCUT2D eigenvalue weighted by molar-refractivity contribution is 6.40. The molecule has 1 saturated heterocycles. The molecular weight excluding hydrogens is 541 g/mol. The molecule has 0 atom stereocenters. The lowest BCUT2D eigenvalue weighted by molar-refractivity contribution is -0.122. The maximum atomic E-state index is 13.0. The minimum atomic E-state index is -0.904. The second kappa shape index (κ2) is 11.0. The minimum absolute atomic E-state index is 0.0499. The van der Waals surface area contributed by atoms with Gasteiger partial charge in [0.05, 0.1) is 15.7 Å². The molecule has 0 saturated carbocycles. The summed E-state index contributed by atoms with van der Waals surface area (Å²) in [4.78, 5) is 50.9. The average Bonchev–Trinajstić information content (AvgIpc) is 2.82. The van der Waals surface area contributed by atoms with Gasteiger partial charge in [-0.15, -0.1) is 0 Å². The average molecular weight is 559 g/mol. The van der Waals surface area contributed by atoms with Crippen molar-refractivity contribution in [3.05, 3.63) is 92.4 Å². The molecule has 37 heavy (non-hydrogen) atoms. The number of halogens is 3. The van der Waals surface area contributed by atoms with E-state index < -0.39 is 23.8 Å². The number of urea groups is 1. The molecule has 11 heteroatoms. The Morgan fingerprint density at radius 3 is 2.32 bits per heavy atom. The molecule has 3 aromatic rings. The first-order chi connectivity index (χ1) is 17.6. The van der Waals surface area contributed by atoms with Crippen molar-refractivity contribution in [1.82, 2.24) is 5.32 Å². The molecule has 1 heterocycles. The highest BCUT2D eigenvalue weighted by Gasteiger charge is 2.37. The van der Waals surface area contributed by atoms with Crippen molar-refractivity contribution in [2.75, 3.05) is 16.8 Å². The highest BCUT2D eigenvalue weighted by atomic mass is 35.5. The number of hydrogen-bond acceptors (Lipinski definition) is 5. The summed E-state index contributed by atoms with van der Waals surface area (Å²) in [5.41, 5.74) is 1.83. The Morgan fingerprint density at radius 2 is 1.68 bits per heavy atom. The summed E-state index contributed by atoms with van der Waals surface area (Å²) < 4.78 is 5.50. The number of hydrogen-bond donors (Lipinski definition) is 2. The summed E-state index contributed by atoms with van der Waals surface area (Å²) in [5, 5.41) is 5.23. The lowest BCUT2D eigenvalue weighted by Crippen LogP contribution is -2.54. The van der Waals surface area contributed by atoms with E-state index in [1.54, 1.807) is 24.3 Å². The fraction of sp³-hybridized carbons (Fsp3) is 0.0769. The van der Waals surface area contributed by atoms with Gasteiger partial charge in [-0.2, -0.15) is 0 Å². The molecule has 0 unspecified atom stereocenters. The molecule has 1 aliphatic heterocycles. The van der Waals surface area contributed by atoms with Gasteiger partial charge < -0.3 is 10.1 Å². The Labute approximate surface area is 226 Å². The third-order valence-electron chi connectivity index (χ3n) is 5.18. The molecule has 0 bridgehead atoms. The molecule has 8 nitrogen and oxygen atoms in total. The minimum Gasteiger partial charge on any atom is -0.481 e. The largest absolute Gasteiger partial charge is 0.481 e. The number of carbonyl (C=O) groups excluding carboxylic acids is 4. The second-order valence-corrected chi connectivity index (χ2v) is 9.21. The standard InChI is InChI=1S/C26H18Cl3N3O5/c1-14-5-7-17(8-6-14)30-22(33)13-37-23-20(28)10-15(11-21(23)29)9-19-24(34)31-26(36)32(25(19)35)18-4-2-3-16(27)12-18/h2-12H,13H2,1H3,(H,30,33)(H,31,34,36)/b19-9+. The van der Waals surface area contributed by atoms with Crippen molar-refractivity contribution in [1.29, 1.82) is 0 Å². The Hall–Kier alpha value is -3.85. The number of benzene rings is 3. The quantitative estimate of drug-likeness (QED) is 0.301. The molecule has 188 valence electrons. The molecule has 1 fully saturated rings. The van der Waals surface area contributed by atoms with Gasteiger partial charge in [-0.1, -0.05) is 58.6 Å². The number of rotatable bonds is 6. The van der Waals surface area contributed by atoms with Gasteiger partial charge in [0.2, 0.25) is 0 Å². The van der Waals surface area contributed by atoms with Gasteiger partial charge in [0.25, 0.3) is 17.7 Å². The Morgan fingerprint density at radius 1 is 1.00 bits per heavy atom. The summed E-state index contributed by atoms with van der Waals surface area (Å²) in [6.07, 6.45) is 1.24. The predicted octanol–water partition coefficient (Wildman–Crippen LogP) is 5.64. The van der Waals surface area contributed by atoms with Crippen LogP contribution in [-0.2, 0) is 14.4 Å². The van der Waals surface area contributed by atoms with Crippen LogP contribution in [0.4, 0.5) is 16.2 Å². The number of ether oxygens (including phenoxy) is 1. The Balaban J connectivity index is 1.52. The third-order valence-corrected chi connectivity index (χ3v) is 5.98. The molecule has 5 amide bonds. The summed E-state index contributed by atoms with van der Waals surface area (Å²) in [6.45, 7) is 1.58. The SMILES string of the molecule is Cc1ccc(NC(=O)COc2c(Cl)cc(/C=C3\C(=O)NC(=O)N(c4cccc(Cl)c4)C3=O)cc2Cl)cc1. The maximum Gasteiger partial charge on any atom is 0.335 e. The normalized spacial score (nSPS) is 14.5. The van der Waals surface area contributed by atoms with Crippen molar-refractivity contribution in [2.24, 2.45) is 0 Å². The summed E-state index contributed by atoms with van der Waals surface area (Å²) in [5.74, 6) is -2.10. The number of imide groups is 2. The van der Waals surface area contributed by atoms with E-state index in [4.69, 9.17) is 39.5 Å². The van der Waals surface area contributed by atoms with Gasteiger partial charge in [-0.05, 0) is 61.0 Å². The van der Waals surface area contributed by atoms with Gasteiger partial charge in [0.1, 0.15) is 5.57 Å². The van der Waals surface area contributed by atoms with Crippen LogP contribution in [0.3, 0.4) is 0 Å². The van der Waals surface area contributed by atoms with Crippen LogP contribution in [-0.4, -0.2) is 30.4 Å². The van der Waals surface area contributed by atoms with Gasteiger partial charge in [-0.25, -0.2) is 9.69 Å². The number of barbiturate groups is 1. The van der Waals surface area contributed by atoms with Crippen LogP contribution in [0, 0.1) is 6.92 Å². The lowest BCUT2D eigenvalue weighted by atomic mass is 10.1. The van der Waals surface area contributed by atoms with Crippen LogP contribution < -0.4 is 20.3 Å². The fourth-order valence-electron chi connectivity index (χ4n) is 3.45. The lowest BCUT2D eigenvalue weighted by Gasteiger charge is -2.26. The van der Waals surface area contributed by atoms with E-state index >= 15 is 0 Å². The highest BCUT2D eigenvalue weighted by Crippen LogP contribution is 2.35. The van der Waals surface area contributed by atoms with Crippen molar-refractivity contribution in [3.8, 4) is 5.75 Å². The molecular formula is C26H18Cl3N3O5. The van der Waals surface area contributed by atoms with E-state index in [-0.39, 0.29) is 33.7 Å². The molecule has 3 aromatic carbocycles. The smallest absolute Gasteiger partial charge is 0.335 e. The monoisotopic (exact) mass is 557 g/mol. The number of anilines is 2.